The molecule has 0 aromatic carbocycles. The Balaban J connectivity index is 0.000000224. The number of nitrogens with one attached hydrogen (secondary N) is 5. The van der Waals surface area contributed by atoms with Crippen LogP contribution >= 0.6 is 22.3 Å². The van der Waals surface area contributed by atoms with Crippen LogP contribution in [0.25, 0.3) is 0 Å². The van der Waals surface area contributed by atoms with Crippen LogP contribution < -0.4 is 26.6 Å². The number of nitrogens with zero attached hydrogens (tertiary/aromatic N) is 11. The second kappa shape index (κ2) is 38.0. The first kappa shape index (κ1) is 84.7. The number of aromatic nitrogens is 10. The van der Waals surface area contributed by atoms with Crippen LogP contribution in [0.15, 0.2) is 30.3 Å². The molecule has 5 saturated carbocycles. The van der Waals surface area contributed by atoms with E-state index in [1.165, 1.54) is 7.11 Å². The van der Waals surface area contributed by atoms with Gasteiger partial charge in [0.25, 0.3) is 10.1 Å². The zero-order chi connectivity index (χ0) is 75.2. The van der Waals surface area contributed by atoms with Crippen LogP contribution in [0.2, 0.25) is 5.28 Å². The highest BCUT2D eigenvalue weighted by Crippen LogP contribution is 2.38. The highest BCUT2D eigenvalue weighted by molar-refractivity contribution is 8.13. The minimum atomic E-state index is -3.57. The van der Waals surface area contributed by atoms with Crippen LogP contribution in [0, 0.1) is 45.9 Å². The van der Waals surface area contributed by atoms with Crippen molar-refractivity contribution in [2.45, 2.75) is 242 Å². The summed E-state index contributed by atoms with van der Waals surface area (Å²) in [5.41, 5.74) is 3.53. The SMILES string of the molecule is COC(=O)c1nc(C)cc(NC2CCC(F)(F)CC2)n1.CS(=O)(=O)Cl.Cc1cc(NC2CCC(F)(F)CC2)nc(CC#N)n1.Cc1cc(NC2CCC(F)(F)CC2)nc(CO)n1.Cc1cc(NC2CCC(F)(F)CC2)nc(COS(C)(=O)=O)n1.Cc1cc(NC2CCC(F)(F)CC2)nc(Cl)n1. The lowest BCUT2D eigenvalue weighted by Gasteiger charge is -2.29. The standard InChI is InChI=1S/C13H16F2N4.C13H19F2N3O3S.C13H17F2N3O2.C12H17F2N3O.C11H14ClF2N3.CH3ClO2S/c1-9-8-12(19-11(17-9)4-7-16)18-10-2-5-13(14,15)6-3-10;1-9-7-11(17-10-3-5-13(14,15)6-4-10)18-12(16-9)8-21-22(2,19)20;1-8-7-10(18-11(16-8)12(19)20-2)17-9-3-5-13(14,15)6-4-9;1-8-6-10(17-11(7-18)15-8)16-9-2-4-12(13,14)5-3-9;1-7-6-9(17-10(12)15-7)16-8-2-4-11(13,14)5-3-8;1-5(2,3)4/h8,10H,2-6H2,1H3,(H,17,18,19);7,10H,3-6,8H2,1-2H3,(H,16,17,18);7,9H,3-6H2,1-2H3,(H,16,17,18);6,9,18H,2-5,7H2,1H3,(H,15,16,17);6,8H,2-5H2,1H3,(H,15,16,17);1H3. The molecule has 5 aliphatic rings. The van der Waals surface area contributed by atoms with Crippen molar-refractivity contribution in [2.75, 3.05) is 46.2 Å². The van der Waals surface area contributed by atoms with Gasteiger partial charge < -0.3 is 36.4 Å². The molecule has 5 heterocycles. The quantitative estimate of drug-likeness (QED) is 0.0176. The number of carbonyl (C=O) groups is 1. The first-order chi connectivity index (χ1) is 46.9. The summed E-state index contributed by atoms with van der Waals surface area (Å²) in [7, 11) is -1.01. The molecule has 5 aromatic rings. The van der Waals surface area contributed by atoms with Gasteiger partial charge in [-0.3, -0.25) is 4.18 Å². The number of aliphatic hydroxyl groups is 1. The highest BCUT2D eigenvalue weighted by Gasteiger charge is 2.39. The summed E-state index contributed by atoms with van der Waals surface area (Å²) in [5.74, 6) is -9.50. The average Bonchev–Trinajstić information content (AvgIpc) is 0.865. The van der Waals surface area contributed by atoms with E-state index < -0.39 is 54.8 Å². The van der Waals surface area contributed by atoms with Gasteiger partial charge in [-0.25, -0.2) is 107 Å². The first-order valence-electron chi connectivity index (χ1n) is 32.4. The number of nitriles is 1. The molecule has 5 fully saturated rings. The van der Waals surface area contributed by atoms with Gasteiger partial charge in [0.2, 0.25) is 49.8 Å². The normalized spacial score (nSPS) is 18.9. The molecule has 0 bridgehead atoms. The Labute approximate surface area is 590 Å². The van der Waals surface area contributed by atoms with Gasteiger partial charge in [-0.05, 0) is 110 Å². The number of aryl methyl sites for hydroxylation is 5. The van der Waals surface area contributed by atoms with E-state index in [9.17, 15) is 65.5 Å². The number of methoxy groups -OCH3 is 1. The number of aliphatic hydroxyl groups excluding tert-OH is 1. The number of halogens is 12. The third-order valence-electron chi connectivity index (χ3n) is 15.9. The third-order valence-corrected chi connectivity index (χ3v) is 16.6. The molecule has 0 unspecified atom stereocenters. The Bertz CT molecular complexity index is 3730. The number of alkyl halides is 10. The molecular weight excluding hydrogens is 1430 g/mol. The van der Waals surface area contributed by atoms with Crippen molar-refractivity contribution >= 4 is 76.5 Å². The largest absolute Gasteiger partial charge is 0.463 e. The summed E-state index contributed by atoms with van der Waals surface area (Å²) in [5, 5.41) is 33.5. The minimum absolute atomic E-state index is 0.0175. The van der Waals surface area contributed by atoms with E-state index in [4.69, 9.17) is 22.0 Å². The topological polar surface area (TPSA) is 337 Å². The average molecular weight is 1520 g/mol. The first-order valence-corrected chi connectivity index (χ1v) is 37.3. The molecule has 6 N–H and O–H groups in total. The molecule has 5 aromatic heterocycles. The fraction of sp³-hybridized carbons (Fsp3) is 0.651. The lowest BCUT2D eigenvalue weighted by atomic mass is 9.92. The van der Waals surface area contributed by atoms with Crippen molar-refractivity contribution < 1.29 is 79.6 Å². The van der Waals surface area contributed by atoms with Gasteiger partial charge >= 0.3 is 5.97 Å². The summed E-state index contributed by atoms with van der Waals surface area (Å²) >= 11 is 5.73. The molecule has 0 aliphatic heterocycles. The summed E-state index contributed by atoms with van der Waals surface area (Å²) < 4.78 is 181. The summed E-state index contributed by atoms with van der Waals surface area (Å²) in [6, 6.07) is 10.6. The number of esters is 1. The second-order valence-corrected chi connectivity index (χ2v) is 30.3. The lowest BCUT2D eigenvalue weighted by molar-refractivity contribution is -0.0366. The molecule has 10 rings (SSSR count). The van der Waals surface area contributed by atoms with E-state index >= 15 is 0 Å². The summed E-state index contributed by atoms with van der Waals surface area (Å²) in [6.45, 7) is 8.44. The Morgan fingerprint density at radius 3 is 1.05 bits per heavy atom. The van der Waals surface area contributed by atoms with Gasteiger partial charge in [-0.1, -0.05) is 0 Å². The Kier molecular flexibility index (Phi) is 31.9. The Morgan fingerprint density at radius 2 is 0.752 bits per heavy atom. The number of carbonyl (C=O) groups excluding carboxylic acids is 1. The predicted octanol–water partition coefficient (Wildman–Crippen LogP) is 13.5. The Morgan fingerprint density at radius 1 is 0.485 bits per heavy atom. The molecule has 0 radical (unpaired) electrons. The van der Waals surface area contributed by atoms with Crippen molar-refractivity contribution in [3.05, 3.63) is 87.4 Å². The Hall–Kier alpha value is -6.94. The molecular formula is C63H86Cl2F10N16O8S2. The van der Waals surface area contributed by atoms with Gasteiger partial charge in [0.15, 0.2) is 11.6 Å². The number of anilines is 5. The molecule has 101 heavy (non-hydrogen) atoms. The molecule has 562 valence electrons. The van der Waals surface area contributed by atoms with Crippen molar-refractivity contribution in [1.29, 1.82) is 5.26 Å². The zero-order valence-corrected chi connectivity index (χ0v) is 60.3. The molecule has 0 amide bonds. The van der Waals surface area contributed by atoms with Crippen molar-refractivity contribution in [3.8, 4) is 6.07 Å². The van der Waals surface area contributed by atoms with E-state index in [0.29, 0.717) is 116 Å². The smallest absolute Gasteiger partial charge is 0.376 e. The molecule has 0 atom stereocenters. The van der Waals surface area contributed by atoms with Crippen LogP contribution in [0.1, 0.15) is 185 Å². The van der Waals surface area contributed by atoms with Gasteiger partial charge in [-0.15, -0.1) is 0 Å². The van der Waals surface area contributed by atoms with Crippen LogP contribution in [-0.2, 0) is 47.7 Å². The third kappa shape index (κ3) is 34.3. The molecule has 5 aliphatic carbocycles. The fourth-order valence-electron chi connectivity index (χ4n) is 11.0. The maximum absolute atomic E-state index is 13.1. The van der Waals surface area contributed by atoms with E-state index in [1.54, 1.807) is 51.1 Å². The fourth-order valence-corrected chi connectivity index (χ4v) is 11.5. The van der Waals surface area contributed by atoms with Crippen molar-refractivity contribution in [1.82, 2.24) is 49.8 Å². The minimum Gasteiger partial charge on any atom is -0.463 e. The summed E-state index contributed by atoms with van der Waals surface area (Å²) in [4.78, 5) is 52.2. The van der Waals surface area contributed by atoms with Crippen LogP contribution in [0.3, 0.4) is 0 Å². The van der Waals surface area contributed by atoms with Crippen molar-refractivity contribution in [2.24, 2.45) is 0 Å². The van der Waals surface area contributed by atoms with Crippen LogP contribution in [0.4, 0.5) is 73.0 Å². The summed E-state index contributed by atoms with van der Waals surface area (Å²) in [6.07, 6.45) is 5.16. The number of hydrogen-bond donors (Lipinski definition) is 6. The maximum Gasteiger partial charge on any atom is 0.376 e. The van der Waals surface area contributed by atoms with Gasteiger partial charge in [0, 0.05) is 164 Å². The van der Waals surface area contributed by atoms with Gasteiger partial charge in [0.1, 0.15) is 48.1 Å². The zero-order valence-electron chi connectivity index (χ0n) is 57.1. The molecule has 24 nitrogen and oxygen atoms in total. The number of rotatable bonds is 16. The second-order valence-electron chi connectivity index (χ2n) is 25.3. The monoisotopic (exact) mass is 1520 g/mol. The maximum atomic E-state index is 13.1. The molecule has 0 spiro atoms. The van der Waals surface area contributed by atoms with Crippen LogP contribution in [0.5, 0.6) is 0 Å². The van der Waals surface area contributed by atoms with E-state index in [2.05, 4.69) is 96.0 Å². The molecule has 38 heteroatoms. The lowest BCUT2D eigenvalue weighted by Crippen LogP contribution is -2.32. The van der Waals surface area contributed by atoms with E-state index in [0.717, 1.165) is 29.6 Å². The van der Waals surface area contributed by atoms with Crippen LogP contribution in [-0.4, -0.2) is 157 Å². The van der Waals surface area contributed by atoms with Gasteiger partial charge in [-0.2, -0.15) is 13.7 Å². The number of hydrogen-bond acceptors (Lipinski definition) is 24. The highest BCUT2D eigenvalue weighted by atomic mass is 35.7. The van der Waals surface area contributed by atoms with E-state index in [1.807, 2.05) is 19.9 Å². The molecule has 0 saturated heterocycles. The van der Waals surface area contributed by atoms with E-state index in [-0.39, 0.29) is 131 Å². The van der Waals surface area contributed by atoms with Gasteiger partial charge in [0.05, 0.1) is 32.1 Å². The van der Waals surface area contributed by atoms with Crippen molar-refractivity contribution in [3.63, 3.8) is 0 Å². The predicted molar refractivity (Wildman–Crippen MR) is 360 cm³/mol. The number of ether oxygens (including phenoxy) is 1.